The SMILES string of the molecule is Cc1nn(C)c(C)c1C(=O)NC(C)c1cccs1. The molecule has 0 aromatic carbocycles. The number of carbonyl (C=O) groups excluding carboxylic acids is 1. The summed E-state index contributed by atoms with van der Waals surface area (Å²) in [5, 5.41) is 9.28. The molecule has 0 saturated heterocycles. The number of aryl methyl sites for hydroxylation is 2. The summed E-state index contributed by atoms with van der Waals surface area (Å²) in [6, 6.07) is 4.04. The highest BCUT2D eigenvalue weighted by Crippen LogP contribution is 2.19. The van der Waals surface area contributed by atoms with E-state index < -0.39 is 0 Å². The molecule has 1 unspecified atom stereocenters. The molecule has 0 aliphatic carbocycles. The van der Waals surface area contributed by atoms with E-state index in [9.17, 15) is 4.79 Å². The van der Waals surface area contributed by atoms with Crippen LogP contribution in [0.5, 0.6) is 0 Å². The van der Waals surface area contributed by atoms with Gasteiger partial charge in [0, 0.05) is 17.6 Å². The first-order valence-electron chi connectivity index (χ1n) is 5.85. The quantitative estimate of drug-likeness (QED) is 0.925. The number of rotatable bonds is 3. The summed E-state index contributed by atoms with van der Waals surface area (Å²) in [7, 11) is 1.85. The molecule has 1 amide bonds. The zero-order valence-electron chi connectivity index (χ0n) is 11.0. The molecular formula is C13H17N3OS. The fourth-order valence-electron chi connectivity index (χ4n) is 1.98. The van der Waals surface area contributed by atoms with Crippen LogP contribution in [0.15, 0.2) is 17.5 Å². The molecular weight excluding hydrogens is 246 g/mol. The van der Waals surface area contributed by atoms with E-state index in [1.54, 1.807) is 16.0 Å². The molecule has 0 fully saturated rings. The van der Waals surface area contributed by atoms with Gasteiger partial charge < -0.3 is 5.32 Å². The van der Waals surface area contributed by atoms with Crippen LogP contribution in [0.4, 0.5) is 0 Å². The molecule has 0 saturated carbocycles. The van der Waals surface area contributed by atoms with Crippen LogP contribution >= 0.6 is 11.3 Å². The van der Waals surface area contributed by atoms with E-state index in [-0.39, 0.29) is 11.9 Å². The molecule has 4 nitrogen and oxygen atoms in total. The second kappa shape index (κ2) is 4.94. The highest BCUT2D eigenvalue weighted by Gasteiger charge is 2.19. The van der Waals surface area contributed by atoms with E-state index in [4.69, 9.17) is 0 Å². The Hall–Kier alpha value is -1.62. The van der Waals surface area contributed by atoms with Gasteiger partial charge in [0.2, 0.25) is 0 Å². The molecule has 96 valence electrons. The Balaban J connectivity index is 2.17. The smallest absolute Gasteiger partial charge is 0.255 e. The fourth-order valence-corrected chi connectivity index (χ4v) is 2.71. The molecule has 1 N–H and O–H groups in total. The maximum Gasteiger partial charge on any atom is 0.255 e. The molecule has 0 aliphatic rings. The summed E-state index contributed by atoms with van der Waals surface area (Å²) in [5.41, 5.74) is 2.34. The minimum absolute atomic E-state index is 0.0245. The summed E-state index contributed by atoms with van der Waals surface area (Å²) < 4.78 is 1.74. The van der Waals surface area contributed by atoms with Gasteiger partial charge in [-0.2, -0.15) is 5.10 Å². The summed E-state index contributed by atoms with van der Waals surface area (Å²) in [6.45, 7) is 5.76. The first-order valence-corrected chi connectivity index (χ1v) is 6.73. The molecule has 5 heteroatoms. The zero-order chi connectivity index (χ0) is 13.3. The second-order valence-corrected chi connectivity index (χ2v) is 5.36. The number of aromatic nitrogens is 2. The van der Waals surface area contributed by atoms with Crippen molar-refractivity contribution in [1.82, 2.24) is 15.1 Å². The number of carbonyl (C=O) groups is 1. The van der Waals surface area contributed by atoms with E-state index in [2.05, 4.69) is 10.4 Å². The van der Waals surface area contributed by atoms with Gasteiger partial charge in [-0.15, -0.1) is 11.3 Å². The monoisotopic (exact) mass is 263 g/mol. The van der Waals surface area contributed by atoms with Crippen LogP contribution < -0.4 is 5.32 Å². The van der Waals surface area contributed by atoms with Crippen molar-refractivity contribution >= 4 is 17.2 Å². The molecule has 2 heterocycles. The van der Waals surface area contributed by atoms with Crippen LogP contribution in [0.25, 0.3) is 0 Å². The third kappa shape index (κ3) is 2.31. The van der Waals surface area contributed by atoms with Crippen molar-refractivity contribution < 1.29 is 4.79 Å². The summed E-state index contributed by atoms with van der Waals surface area (Å²) >= 11 is 1.65. The van der Waals surface area contributed by atoms with Crippen molar-refractivity contribution in [1.29, 1.82) is 0 Å². The largest absolute Gasteiger partial charge is 0.345 e. The minimum atomic E-state index is -0.0565. The van der Waals surface area contributed by atoms with E-state index in [1.807, 2.05) is 45.3 Å². The zero-order valence-corrected chi connectivity index (χ0v) is 11.8. The number of hydrogen-bond acceptors (Lipinski definition) is 3. The third-order valence-electron chi connectivity index (χ3n) is 3.05. The van der Waals surface area contributed by atoms with Gasteiger partial charge in [-0.3, -0.25) is 9.48 Å². The summed E-state index contributed by atoms with van der Waals surface area (Å²) in [6.07, 6.45) is 0. The third-order valence-corrected chi connectivity index (χ3v) is 4.11. The van der Waals surface area contributed by atoms with Gasteiger partial charge in [0.1, 0.15) is 0 Å². The molecule has 18 heavy (non-hydrogen) atoms. The maximum atomic E-state index is 12.2. The van der Waals surface area contributed by atoms with Gasteiger partial charge in [-0.05, 0) is 32.2 Å². The van der Waals surface area contributed by atoms with Crippen LogP contribution in [0.2, 0.25) is 0 Å². The standard InChI is InChI=1S/C13H17N3OS/c1-8(11-6-5-7-18-11)14-13(17)12-9(2)15-16(4)10(12)3/h5-8H,1-4H3,(H,14,17). The lowest BCUT2D eigenvalue weighted by Gasteiger charge is -2.12. The van der Waals surface area contributed by atoms with Crippen LogP contribution in [0.3, 0.4) is 0 Å². The molecule has 1 atom stereocenters. The molecule has 2 aromatic heterocycles. The highest BCUT2D eigenvalue weighted by molar-refractivity contribution is 7.10. The number of thiophene rings is 1. The Labute approximate surface area is 111 Å². The molecule has 0 radical (unpaired) electrons. The van der Waals surface area contributed by atoms with Gasteiger partial charge in [-0.1, -0.05) is 6.07 Å². The van der Waals surface area contributed by atoms with Crippen LogP contribution in [0, 0.1) is 13.8 Å². The Morgan fingerprint density at radius 2 is 2.22 bits per heavy atom. The van der Waals surface area contributed by atoms with Crippen molar-refractivity contribution in [3.63, 3.8) is 0 Å². The predicted molar refractivity (Wildman–Crippen MR) is 72.9 cm³/mol. The average molecular weight is 263 g/mol. The van der Waals surface area contributed by atoms with Crippen molar-refractivity contribution in [2.45, 2.75) is 26.8 Å². The minimum Gasteiger partial charge on any atom is -0.345 e. The topological polar surface area (TPSA) is 46.9 Å². The lowest BCUT2D eigenvalue weighted by Crippen LogP contribution is -2.27. The molecule has 0 spiro atoms. The van der Waals surface area contributed by atoms with Crippen molar-refractivity contribution in [3.05, 3.63) is 39.3 Å². The van der Waals surface area contributed by atoms with Gasteiger partial charge in [0.25, 0.3) is 5.91 Å². The van der Waals surface area contributed by atoms with Crippen LogP contribution in [-0.2, 0) is 7.05 Å². The Bertz CT molecular complexity index is 557. The predicted octanol–water partition coefficient (Wildman–Crippen LogP) is 2.59. The van der Waals surface area contributed by atoms with E-state index >= 15 is 0 Å². The Morgan fingerprint density at radius 3 is 2.72 bits per heavy atom. The highest BCUT2D eigenvalue weighted by atomic mass is 32.1. The number of nitrogens with one attached hydrogen (secondary N) is 1. The van der Waals surface area contributed by atoms with E-state index in [1.165, 1.54) is 0 Å². The maximum absolute atomic E-state index is 12.2. The fraction of sp³-hybridized carbons (Fsp3) is 0.385. The normalized spacial score (nSPS) is 12.4. The molecule has 2 aromatic rings. The van der Waals surface area contributed by atoms with E-state index in [0.29, 0.717) is 5.56 Å². The van der Waals surface area contributed by atoms with Gasteiger partial charge in [0.05, 0.1) is 17.3 Å². The van der Waals surface area contributed by atoms with Gasteiger partial charge >= 0.3 is 0 Å². The van der Waals surface area contributed by atoms with Crippen LogP contribution in [0.1, 0.15) is 39.6 Å². The summed E-state index contributed by atoms with van der Waals surface area (Å²) in [4.78, 5) is 13.4. The van der Waals surface area contributed by atoms with Gasteiger partial charge in [-0.25, -0.2) is 0 Å². The van der Waals surface area contributed by atoms with Crippen molar-refractivity contribution in [2.75, 3.05) is 0 Å². The number of amides is 1. The van der Waals surface area contributed by atoms with Gasteiger partial charge in [0.15, 0.2) is 0 Å². The molecule has 0 aliphatic heterocycles. The first kappa shape index (κ1) is 12.8. The van der Waals surface area contributed by atoms with Crippen molar-refractivity contribution in [2.24, 2.45) is 7.05 Å². The van der Waals surface area contributed by atoms with Crippen molar-refractivity contribution in [3.8, 4) is 0 Å². The lowest BCUT2D eigenvalue weighted by atomic mass is 10.1. The average Bonchev–Trinajstić information content (AvgIpc) is 2.88. The Morgan fingerprint density at radius 1 is 1.50 bits per heavy atom. The molecule has 0 bridgehead atoms. The van der Waals surface area contributed by atoms with E-state index in [0.717, 1.165) is 16.3 Å². The lowest BCUT2D eigenvalue weighted by molar-refractivity contribution is 0.0939. The molecule has 2 rings (SSSR count). The second-order valence-electron chi connectivity index (χ2n) is 4.38. The number of nitrogens with zero attached hydrogens (tertiary/aromatic N) is 2. The Kier molecular flexibility index (Phi) is 3.52. The first-order chi connectivity index (χ1) is 8.50. The number of hydrogen-bond donors (Lipinski definition) is 1. The summed E-state index contributed by atoms with van der Waals surface area (Å²) in [5.74, 6) is -0.0565. The van der Waals surface area contributed by atoms with Crippen LogP contribution in [-0.4, -0.2) is 15.7 Å².